The standard InChI is InChI=1S/C24H22N4O3/c29-21-14-23(31-22-11-4-3-9-18(21)22)24(30)26-15-16-13-20(19-10-5-6-12-25-19)28(27-16)17-7-1-2-8-17/h3-6,9-14,17H,1-2,7-8,15H2,(H,26,30). The first-order valence-corrected chi connectivity index (χ1v) is 10.5. The molecule has 0 unspecified atom stereocenters. The van der Waals surface area contributed by atoms with Crippen molar-refractivity contribution in [2.45, 2.75) is 38.3 Å². The fourth-order valence-electron chi connectivity index (χ4n) is 4.14. The number of nitrogens with one attached hydrogen (secondary N) is 1. The molecule has 3 aromatic heterocycles. The van der Waals surface area contributed by atoms with Gasteiger partial charge in [-0.25, -0.2) is 0 Å². The highest BCUT2D eigenvalue weighted by Crippen LogP contribution is 2.33. The number of fused-ring (bicyclic) bond motifs is 1. The number of carbonyl (C=O) groups is 1. The number of hydrogen-bond acceptors (Lipinski definition) is 5. The molecule has 1 aliphatic carbocycles. The summed E-state index contributed by atoms with van der Waals surface area (Å²) in [7, 11) is 0. The van der Waals surface area contributed by atoms with Gasteiger partial charge in [0.15, 0.2) is 11.2 Å². The molecule has 31 heavy (non-hydrogen) atoms. The molecule has 1 fully saturated rings. The summed E-state index contributed by atoms with van der Waals surface area (Å²) in [6, 6.07) is 16.2. The van der Waals surface area contributed by atoms with Crippen LogP contribution in [-0.2, 0) is 6.54 Å². The van der Waals surface area contributed by atoms with Crippen molar-refractivity contribution >= 4 is 16.9 Å². The van der Waals surface area contributed by atoms with Gasteiger partial charge in [-0.2, -0.15) is 5.10 Å². The summed E-state index contributed by atoms with van der Waals surface area (Å²) in [6.07, 6.45) is 6.34. The molecule has 0 bridgehead atoms. The van der Waals surface area contributed by atoms with Crippen molar-refractivity contribution in [1.29, 1.82) is 0 Å². The van der Waals surface area contributed by atoms with Gasteiger partial charge < -0.3 is 9.73 Å². The maximum Gasteiger partial charge on any atom is 0.287 e. The number of hydrogen-bond donors (Lipinski definition) is 1. The number of carbonyl (C=O) groups excluding carboxylic acids is 1. The van der Waals surface area contributed by atoms with E-state index in [1.165, 1.54) is 18.9 Å². The quantitative estimate of drug-likeness (QED) is 0.531. The Balaban J connectivity index is 1.39. The molecular formula is C24H22N4O3. The Morgan fingerprint density at radius 2 is 1.90 bits per heavy atom. The molecule has 1 saturated carbocycles. The third kappa shape index (κ3) is 3.86. The second-order valence-corrected chi connectivity index (χ2v) is 7.77. The van der Waals surface area contributed by atoms with Gasteiger partial charge in [0.05, 0.1) is 35.1 Å². The van der Waals surface area contributed by atoms with Crippen LogP contribution in [0.4, 0.5) is 0 Å². The Labute approximate surface area is 178 Å². The molecule has 0 radical (unpaired) electrons. The largest absolute Gasteiger partial charge is 0.451 e. The van der Waals surface area contributed by atoms with Gasteiger partial charge in [-0.05, 0) is 43.2 Å². The molecule has 1 aliphatic rings. The van der Waals surface area contributed by atoms with Gasteiger partial charge >= 0.3 is 0 Å². The van der Waals surface area contributed by atoms with E-state index in [-0.39, 0.29) is 17.7 Å². The first-order valence-electron chi connectivity index (χ1n) is 10.5. The second-order valence-electron chi connectivity index (χ2n) is 7.77. The fraction of sp³-hybridized carbons (Fsp3) is 0.250. The average Bonchev–Trinajstić information content (AvgIpc) is 3.48. The summed E-state index contributed by atoms with van der Waals surface area (Å²) in [4.78, 5) is 29.4. The van der Waals surface area contributed by atoms with E-state index in [1.54, 1.807) is 30.5 Å². The zero-order valence-electron chi connectivity index (χ0n) is 17.0. The van der Waals surface area contributed by atoms with Crippen LogP contribution in [0, 0.1) is 0 Å². The van der Waals surface area contributed by atoms with Gasteiger partial charge in [0.2, 0.25) is 0 Å². The molecule has 7 nitrogen and oxygen atoms in total. The molecule has 3 heterocycles. The normalized spacial score (nSPS) is 14.2. The van der Waals surface area contributed by atoms with Crippen LogP contribution in [0.1, 0.15) is 48.0 Å². The van der Waals surface area contributed by atoms with E-state index in [9.17, 15) is 9.59 Å². The number of benzene rings is 1. The Bertz CT molecular complexity index is 1290. The summed E-state index contributed by atoms with van der Waals surface area (Å²) < 4.78 is 7.67. The lowest BCUT2D eigenvalue weighted by Gasteiger charge is -2.13. The van der Waals surface area contributed by atoms with Crippen LogP contribution < -0.4 is 10.7 Å². The molecule has 0 saturated heterocycles. The lowest BCUT2D eigenvalue weighted by molar-refractivity contribution is 0.0923. The summed E-state index contributed by atoms with van der Waals surface area (Å²) in [5.74, 6) is -0.457. The molecule has 7 heteroatoms. The van der Waals surface area contributed by atoms with Gasteiger partial charge in [0.25, 0.3) is 5.91 Å². The Kier molecular flexibility index (Phi) is 5.08. The summed E-state index contributed by atoms with van der Waals surface area (Å²) in [5.41, 5.74) is 2.70. The number of rotatable bonds is 5. The van der Waals surface area contributed by atoms with E-state index < -0.39 is 5.91 Å². The molecule has 1 N–H and O–H groups in total. The highest BCUT2D eigenvalue weighted by molar-refractivity contribution is 5.93. The van der Waals surface area contributed by atoms with Crippen LogP contribution in [0.15, 0.2) is 70.0 Å². The van der Waals surface area contributed by atoms with Crippen LogP contribution in [-0.4, -0.2) is 20.7 Å². The molecule has 156 valence electrons. The minimum atomic E-state index is -0.447. The SMILES string of the molecule is O=C(NCc1cc(-c2ccccn2)n(C2CCCC2)n1)c1cc(=O)c2ccccc2o1. The number of nitrogens with zero attached hydrogens (tertiary/aromatic N) is 3. The van der Waals surface area contributed by atoms with Crippen molar-refractivity contribution in [2.24, 2.45) is 0 Å². The monoisotopic (exact) mass is 414 g/mol. The molecule has 1 aromatic carbocycles. The van der Waals surface area contributed by atoms with Crippen molar-refractivity contribution in [3.63, 3.8) is 0 Å². The highest BCUT2D eigenvalue weighted by Gasteiger charge is 2.23. The Morgan fingerprint density at radius 3 is 2.71 bits per heavy atom. The number of amides is 1. The minimum Gasteiger partial charge on any atom is -0.451 e. The van der Waals surface area contributed by atoms with Crippen molar-refractivity contribution in [1.82, 2.24) is 20.1 Å². The van der Waals surface area contributed by atoms with E-state index in [0.717, 1.165) is 29.9 Å². The molecule has 0 spiro atoms. The predicted octanol–water partition coefficient (Wildman–Crippen LogP) is 4.10. The molecule has 0 aliphatic heterocycles. The first kappa shape index (κ1) is 19.2. The van der Waals surface area contributed by atoms with Gasteiger partial charge in [-0.15, -0.1) is 0 Å². The number of pyridine rings is 1. The van der Waals surface area contributed by atoms with Crippen LogP contribution in [0.2, 0.25) is 0 Å². The number of para-hydroxylation sites is 1. The minimum absolute atomic E-state index is 0.0103. The average molecular weight is 414 g/mol. The smallest absolute Gasteiger partial charge is 0.287 e. The third-order valence-corrected chi connectivity index (χ3v) is 5.67. The zero-order chi connectivity index (χ0) is 21.2. The molecule has 4 aromatic rings. The fourth-order valence-corrected chi connectivity index (χ4v) is 4.14. The zero-order valence-corrected chi connectivity index (χ0v) is 17.0. The lowest BCUT2D eigenvalue weighted by Crippen LogP contribution is -2.24. The van der Waals surface area contributed by atoms with Gasteiger partial charge in [0, 0.05) is 12.3 Å². The molecular weight excluding hydrogens is 392 g/mol. The Morgan fingerprint density at radius 1 is 1.10 bits per heavy atom. The molecule has 5 rings (SSSR count). The topological polar surface area (TPSA) is 90.0 Å². The third-order valence-electron chi connectivity index (χ3n) is 5.67. The number of aromatic nitrogens is 3. The van der Waals surface area contributed by atoms with Gasteiger partial charge in [0.1, 0.15) is 5.58 Å². The highest BCUT2D eigenvalue weighted by atomic mass is 16.3. The molecule has 1 amide bonds. The first-order chi connectivity index (χ1) is 15.2. The van der Waals surface area contributed by atoms with Crippen molar-refractivity contribution < 1.29 is 9.21 Å². The maximum atomic E-state index is 12.6. The summed E-state index contributed by atoms with van der Waals surface area (Å²) in [5, 5.41) is 8.05. The maximum absolute atomic E-state index is 12.6. The molecule has 0 atom stereocenters. The van der Waals surface area contributed by atoms with E-state index in [1.807, 2.05) is 28.9 Å². The van der Waals surface area contributed by atoms with Gasteiger partial charge in [-0.1, -0.05) is 31.0 Å². The summed E-state index contributed by atoms with van der Waals surface area (Å²) >= 11 is 0. The van der Waals surface area contributed by atoms with Gasteiger partial charge in [-0.3, -0.25) is 19.3 Å². The Hall–Kier alpha value is -3.74. The van der Waals surface area contributed by atoms with E-state index in [0.29, 0.717) is 17.0 Å². The van der Waals surface area contributed by atoms with E-state index >= 15 is 0 Å². The van der Waals surface area contributed by atoms with E-state index in [2.05, 4.69) is 10.3 Å². The summed E-state index contributed by atoms with van der Waals surface area (Å²) in [6.45, 7) is 0.231. The van der Waals surface area contributed by atoms with Crippen LogP contribution >= 0.6 is 0 Å². The van der Waals surface area contributed by atoms with E-state index in [4.69, 9.17) is 9.52 Å². The van der Waals surface area contributed by atoms with Crippen LogP contribution in [0.3, 0.4) is 0 Å². The lowest BCUT2D eigenvalue weighted by atomic mass is 10.2. The predicted molar refractivity (Wildman–Crippen MR) is 117 cm³/mol. The second kappa shape index (κ2) is 8.18. The van der Waals surface area contributed by atoms with Crippen molar-refractivity contribution in [2.75, 3.05) is 0 Å². The van der Waals surface area contributed by atoms with Crippen molar-refractivity contribution in [3.05, 3.63) is 82.5 Å². The van der Waals surface area contributed by atoms with Crippen LogP contribution in [0.25, 0.3) is 22.4 Å². The van der Waals surface area contributed by atoms with Crippen molar-refractivity contribution in [3.8, 4) is 11.4 Å². The van der Waals surface area contributed by atoms with Crippen LogP contribution in [0.5, 0.6) is 0 Å².